The van der Waals surface area contributed by atoms with Crippen LogP contribution in [0.3, 0.4) is 0 Å². The van der Waals surface area contributed by atoms with E-state index in [1.165, 1.54) is 39.0 Å². The molecule has 2 heterocycles. The summed E-state index contributed by atoms with van der Waals surface area (Å²) in [6, 6.07) is 0. The summed E-state index contributed by atoms with van der Waals surface area (Å²) in [5.74, 6) is 1.42. The van der Waals surface area contributed by atoms with Gasteiger partial charge in [-0.3, -0.25) is 0 Å². The quantitative estimate of drug-likeness (QED) is 0.704. The zero-order valence-electron chi connectivity index (χ0n) is 9.15. The van der Waals surface area contributed by atoms with Crippen molar-refractivity contribution in [1.29, 1.82) is 0 Å². The Hall–Kier alpha value is -0.120. The minimum atomic E-state index is 0.376. The molecule has 0 aromatic heterocycles. The van der Waals surface area contributed by atoms with Gasteiger partial charge >= 0.3 is 0 Å². The van der Waals surface area contributed by atoms with E-state index in [1.54, 1.807) is 0 Å². The summed E-state index contributed by atoms with van der Waals surface area (Å²) in [6.45, 7) is 6.48. The van der Waals surface area contributed by atoms with Gasteiger partial charge in [-0.2, -0.15) is 0 Å². The number of nitrogens with zero attached hydrogens (tertiary/aromatic N) is 2. The van der Waals surface area contributed by atoms with Crippen molar-refractivity contribution >= 4 is 0 Å². The van der Waals surface area contributed by atoms with E-state index in [0.29, 0.717) is 12.5 Å². The van der Waals surface area contributed by atoms with Gasteiger partial charge in [0.05, 0.1) is 0 Å². The minimum absolute atomic E-state index is 0.376. The summed E-state index contributed by atoms with van der Waals surface area (Å²) in [7, 11) is 2.21. The Labute approximate surface area is 86.7 Å². The van der Waals surface area contributed by atoms with E-state index in [2.05, 4.69) is 16.8 Å². The highest BCUT2D eigenvalue weighted by molar-refractivity contribution is 4.81. The third kappa shape index (κ3) is 2.47. The van der Waals surface area contributed by atoms with Gasteiger partial charge < -0.3 is 14.9 Å². The fraction of sp³-hybridized carbons (Fsp3) is 1.00. The van der Waals surface area contributed by atoms with Crippen LogP contribution in [0.5, 0.6) is 0 Å². The second-order valence-electron chi connectivity index (χ2n) is 5.01. The summed E-state index contributed by atoms with van der Waals surface area (Å²) in [5.41, 5.74) is 0. The minimum Gasteiger partial charge on any atom is -0.396 e. The van der Waals surface area contributed by atoms with Gasteiger partial charge in [0.2, 0.25) is 0 Å². The molecule has 1 N–H and O–H groups in total. The molecule has 2 fully saturated rings. The van der Waals surface area contributed by atoms with Crippen LogP contribution in [-0.4, -0.2) is 61.3 Å². The van der Waals surface area contributed by atoms with Gasteiger partial charge in [-0.15, -0.1) is 0 Å². The van der Waals surface area contributed by atoms with Gasteiger partial charge in [0.25, 0.3) is 0 Å². The molecule has 0 aromatic rings. The third-order valence-corrected chi connectivity index (χ3v) is 3.63. The van der Waals surface area contributed by atoms with E-state index in [-0.39, 0.29) is 0 Å². The van der Waals surface area contributed by atoms with Crippen LogP contribution in [0, 0.1) is 11.8 Å². The van der Waals surface area contributed by atoms with Crippen molar-refractivity contribution in [2.45, 2.75) is 12.8 Å². The molecule has 2 aliphatic rings. The van der Waals surface area contributed by atoms with E-state index >= 15 is 0 Å². The number of aliphatic hydroxyl groups excluding tert-OH is 1. The molecule has 0 aliphatic carbocycles. The van der Waals surface area contributed by atoms with Crippen LogP contribution in [0.25, 0.3) is 0 Å². The van der Waals surface area contributed by atoms with Gasteiger partial charge in [-0.1, -0.05) is 0 Å². The second-order valence-corrected chi connectivity index (χ2v) is 5.01. The third-order valence-electron chi connectivity index (χ3n) is 3.63. The summed E-state index contributed by atoms with van der Waals surface area (Å²) >= 11 is 0. The standard InChI is InChI=1S/C11H22N2O/c1-12-4-2-10(6-12)7-13-5-3-11(8-13)9-14/h10-11,14H,2-9H2,1H3. The first kappa shape index (κ1) is 10.4. The van der Waals surface area contributed by atoms with Gasteiger partial charge in [0.1, 0.15) is 0 Å². The van der Waals surface area contributed by atoms with E-state index in [0.717, 1.165) is 12.5 Å². The molecular weight excluding hydrogens is 176 g/mol. The lowest BCUT2D eigenvalue weighted by atomic mass is 10.1. The second kappa shape index (κ2) is 4.60. The zero-order valence-corrected chi connectivity index (χ0v) is 9.15. The lowest BCUT2D eigenvalue weighted by Crippen LogP contribution is -2.29. The fourth-order valence-corrected chi connectivity index (χ4v) is 2.77. The van der Waals surface area contributed by atoms with Crippen molar-refractivity contribution < 1.29 is 5.11 Å². The smallest absolute Gasteiger partial charge is 0.0471 e. The van der Waals surface area contributed by atoms with Crippen LogP contribution in [0.2, 0.25) is 0 Å². The van der Waals surface area contributed by atoms with E-state index in [4.69, 9.17) is 5.11 Å². The van der Waals surface area contributed by atoms with E-state index in [1.807, 2.05) is 0 Å². The molecule has 0 amide bonds. The lowest BCUT2D eigenvalue weighted by Gasteiger charge is -2.20. The molecule has 0 bridgehead atoms. The highest BCUT2D eigenvalue weighted by Gasteiger charge is 2.26. The monoisotopic (exact) mass is 198 g/mol. The Morgan fingerprint density at radius 2 is 1.93 bits per heavy atom. The average molecular weight is 198 g/mol. The molecule has 3 heteroatoms. The molecule has 2 unspecified atom stereocenters. The fourth-order valence-electron chi connectivity index (χ4n) is 2.77. The summed E-state index contributed by atoms with van der Waals surface area (Å²) in [6.07, 6.45) is 2.55. The number of hydrogen-bond donors (Lipinski definition) is 1. The maximum absolute atomic E-state index is 9.05. The molecule has 82 valence electrons. The van der Waals surface area contributed by atoms with Gasteiger partial charge in [-0.05, 0) is 44.8 Å². The number of likely N-dealkylation sites (tertiary alicyclic amines) is 2. The van der Waals surface area contributed by atoms with Crippen molar-refractivity contribution in [1.82, 2.24) is 9.80 Å². The van der Waals surface area contributed by atoms with Crippen LogP contribution in [0.4, 0.5) is 0 Å². The van der Waals surface area contributed by atoms with Crippen molar-refractivity contribution in [2.75, 3.05) is 46.4 Å². The highest BCUT2D eigenvalue weighted by Crippen LogP contribution is 2.21. The summed E-state index contributed by atoms with van der Waals surface area (Å²) in [5, 5.41) is 9.05. The molecule has 14 heavy (non-hydrogen) atoms. The van der Waals surface area contributed by atoms with Crippen LogP contribution in [0.1, 0.15) is 12.8 Å². The molecule has 0 spiro atoms. The van der Waals surface area contributed by atoms with Crippen LogP contribution in [-0.2, 0) is 0 Å². The molecule has 0 aromatic carbocycles. The summed E-state index contributed by atoms with van der Waals surface area (Å²) < 4.78 is 0. The first-order valence-corrected chi connectivity index (χ1v) is 5.79. The largest absolute Gasteiger partial charge is 0.396 e. The highest BCUT2D eigenvalue weighted by atomic mass is 16.3. The van der Waals surface area contributed by atoms with Gasteiger partial charge in [-0.25, -0.2) is 0 Å². The molecular formula is C11H22N2O. The molecule has 0 radical (unpaired) electrons. The molecule has 2 rings (SSSR count). The van der Waals surface area contributed by atoms with E-state index < -0.39 is 0 Å². The first-order valence-electron chi connectivity index (χ1n) is 5.79. The first-order chi connectivity index (χ1) is 6.78. The molecule has 2 saturated heterocycles. The van der Waals surface area contributed by atoms with Crippen molar-refractivity contribution in [3.05, 3.63) is 0 Å². The predicted octanol–water partition coefficient (Wildman–Crippen LogP) is 0.252. The SMILES string of the molecule is CN1CCC(CN2CCC(CO)C2)C1. The Kier molecular flexibility index (Phi) is 3.42. The van der Waals surface area contributed by atoms with Crippen LogP contribution >= 0.6 is 0 Å². The van der Waals surface area contributed by atoms with Crippen LogP contribution < -0.4 is 0 Å². The zero-order chi connectivity index (χ0) is 9.97. The molecule has 0 saturated carbocycles. The molecule has 3 nitrogen and oxygen atoms in total. The maximum atomic E-state index is 9.05. The maximum Gasteiger partial charge on any atom is 0.0471 e. The Balaban J connectivity index is 1.71. The Morgan fingerprint density at radius 1 is 1.14 bits per heavy atom. The number of aliphatic hydroxyl groups is 1. The Bertz CT molecular complexity index is 186. The summed E-state index contributed by atoms with van der Waals surface area (Å²) in [4.78, 5) is 4.95. The van der Waals surface area contributed by atoms with Crippen molar-refractivity contribution in [3.8, 4) is 0 Å². The van der Waals surface area contributed by atoms with Crippen molar-refractivity contribution in [2.24, 2.45) is 11.8 Å². The normalized spacial score (nSPS) is 35.6. The van der Waals surface area contributed by atoms with Gasteiger partial charge in [0.15, 0.2) is 0 Å². The lowest BCUT2D eigenvalue weighted by molar-refractivity contribution is 0.212. The van der Waals surface area contributed by atoms with E-state index in [9.17, 15) is 0 Å². The predicted molar refractivity (Wildman–Crippen MR) is 57.2 cm³/mol. The number of hydrogen-bond acceptors (Lipinski definition) is 3. The van der Waals surface area contributed by atoms with Crippen LogP contribution in [0.15, 0.2) is 0 Å². The average Bonchev–Trinajstić information content (AvgIpc) is 2.76. The molecule has 2 aliphatic heterocycles. The van der Waals surface area contributed by atoms with Gasteiger partial charge in [0, 0.05) is 26.2 Å². The Morgan fingerprint density at radius 3 is 2.50 bits per heavy atom. The number of rotatable bonds is 3. The topological polar surface area (TPSA) is 26.7 Å². The molecule has 2 atom stereocenters. The van der Waals surface area contributed by atoms with Crippen molar-refractivity contribution in [3.63, 3.8) is 0 Å².